The maximum Gasteiger partial charge on any atom is 0.240 e. The minimum atomic E-state index is 0.450. The Morgan fingerprint density at radius 2 is 2.20 bits per heavy atom. The molecule has 3 rings (SSSR count). The molecule has 1 aromatic carbocycles. The molecule has 7 heteroatoms. The minimum absolute atomic E-state index is 0.450. The number of nitrogens with zero attached hydrogens (tertiary/aromatic N) is 2. The van der Waals surface area contributed by atoms with Crippen molar-refractivity contribution >= 4 is 29.6 Å². The van der Waals surface area contributed by atoms with Crippen molar-refractivity contribution in [1.82, 2.24) is 9.97 Å². The Balaban J connectivity index is 1.78. The van der Waals surface area contributed by atoms with Crippen LogP contribution < -0.4 is 10.1 Å². The number of hydrogen-bond donors (Lipinski definition) is 1. The number of benzene rings is 1. The van der Waals surface area contributed by atoms with Crippen molar-refractivity contribution < 1.29 is 8.92 Å². The van der Waals surface area contributed by atoms with Crippen LogP contribution in [0, 0.1) is 0 Å². The largest absolute Gasteiger partial charge is 0.476 e. The number of ether oxygens (including phenoxy) is 1. The highest BCUT2D eigenvalue weighted by atomic mass is 32.2. The first-order valence-corrected chi connectivity index (χ1v) is 10.5. The lowest BCUT2D eigenvalue weighted by molar-refractivity contribution is 0.327. The average molecular weight is 378 g/mol. The number of anilines is 1. The smallest absolute Gasteiger partial charge is 0.240 e. The molecule has 0 spiro atoms. The second-order valence-electron chi connectivity index (χ2n) is 5.63. The van der Waals surface area contributed by atoms with Crippen molar-refractivity contribution in [2.45, 2.75) is 29.9 Å². The maximum atomic E-state index is 5.67. The van der Waals surface area contributed by atoms with E-state index >= 15 is 0 Å². The molecule has 1 N–H and O–H groups in total. The summed E-state index contributed by atoms with van der Waals surface area (Å²) in [5.41, 5.74) is 1.78. The fourth-order valence-corrected chi connectivity index (χ4v) is 3.79. The molecule has 25 heavy (non-hydrogen) atoms. The van der Waals surface area contributed by atoms with E-state index in [-0.39, 0.29) is 0 Å². The van der Waals surface area contributed by atoms with Crippen molar-refractivity contribution in [2.24, 2.45) is 0 Å². The molecule has 0 aliphatic carbocycles. The van der Waals surface area contributed by atoms with E-state index in [1.165, 1.54) is 4.90 Å². The first-order valence-electron chi connectivity index (χ1n) is 8.46. The van der Waals surface area contributed by atoms with Gasteiger partial charge in [0.15, 0.2) is 0 Å². The van der Waals surface area contributed by atoms with Crippen LogP contribution in [0.25, 0.3) is 11.3 Å². The Morgan fingerprint density at radius 3 is 2.88 bits per heavy atom. The van der Waals surface area contributed by atoms with Crippen LogP contribution >= 0.6 is 23.8 Å². The lowest BCUT2D eigenvalue weighted by atomic mass is 10.1. The summed E-state index contributed by atoms with van der Waals surface area (Å²) >= 11 is 3.28. The number of nitrogens with one attached hydrogen (secondary N) is 1. The Bertz CT molecular complexity index is 677. The first-order chi connectivity index (χ1) is 12.3. The van der Waals surface area contributed by atoms with Gasteiger partial charge in [0.2, 0.25) is 5.88 Å². The van der Waals surface area contributed by atoms with Crippen molar-refractivity contribution in [3.8, 4) is 17.1 Å². The zero-order valence-corrected chi connectivity index (χ0v) is 16.2. The van der Waals surface area contributed by atoms with Crippen LogP contribution in [0.15, 0.2) is 35.4 Å². The van der Waals surface area contributed by atoms with Gasteiger partial charge in [0.25, 0.3) is 0 Å². The maximum absolute atomic E-state index is 5.67. The van der Waals surface area contributed by atoms with E-state index in [9.17, 15) is 0 Å². The SMILES string of the molecule is CCOc1ncc(NCC2CCCOS2)nc1-c1ccc(SC)cc1. The average Bonchev–Trinajstić information content (AvgIpc) is 2.68. The Labute approximate surface area is 157 Å². The van der Waals surface area contributed by atoms with E-state index in [1.807, 2.05) is 6.92 Å². The molecule has 2 heterocycles. The predicted octanol–water partition coefficient (Wildman–Crippen LogP) is 4.50. The van der Waals surface area contributed by atoms with Crippen molar-refractivity contribution in [3.63, 3.8) is 0 Å². The van der Waals surface area contributed by atoms with Crippen LogP contribution in [0.4, 0.5) is 5.82 Å². The molecule has 0 amide bonds. The molecule has 1 aliphatic rings. The van der Waals surface area contributed by atoms with Crippen molar-refractivity contribution in [1.29, 1.82) is 0 Å². The number of aromatic nitrogens is 2. The van der Waals surface area contributed by atoms with Gasteiger partial charge in [-0.15, -0.1) is 11.8 Å². The second-order valence-corrected chi connectivity index (χ2v) is 7.61. The highest BCUT2D eigenvalue weighted by Gasteiger charge is 2.16. The predicted molar refractivity (Wildman–Crippen MR) is 105 cm³/mol. The van der Waals surface area contributed by atoms with Crippen molar-refractivity contribution in [3.05, 3.63) is 30.5 Å². The van der Waals surface area contributed by atoms with Gasteiger partial charge in [-0.05, 0) is 50.2 Å². The van der Waals surface area contributed by atoms with E-state index in [4.69, 9.17) is 13.9 Å². The fraction of sp³-hybridized carbons (Fsp3) is 0.444. The van der Waals surface area contributed by atoms with Crippen LogP contribution in [0.5, 0.6) is 5.88 Å². The molecule has 5 nitrogen and oxygen atoms in total. The third-order valence-corrected chi connectivity index (χ3v) is 5.57. The summed E-state index contributed by atoms with van der Waals surface area (Å²) in [5, 5.41) is 3.83. The monoisotopic (exact) mass is 377 g/mol. The highest BCUT2D eigenvalue weighted by Crippen LogP contribution is 2.29. The van der Waals surface area contributed by atoms with Gasteiger partial charge in [-0.1, -0.05) is 12.1 Å². The van der Waals surface area contributed by atoms with Crippen LogP contribution in [0.3, 0.4) is 0 Å². The summed E-state index contributed by atoms with van der Waals surface area (Å²) < 4.78 is 11.1. The molecule has 1 fully saturated rings. The molecule has 2 aromatic rings. The molecule has 0 bridgehead atoms. The van der Waals surface area contributed by atoms with E-state index in [0.29, 0.717) is 17.7 Å². The van der Waals surface area contributed by atoms with Crippen molar-refractivity contribution in [2.75, 3.05) is 31.3 Å². The highest BCUT2D eigenvalue weighted by molar-refractivity contribution is 7.98. The van der Waals surface area contributed by atoms with E-state index < -0.39 is 0 Å². The van der Waals surface area contributed by atoms with Gasteiger partial charge < -0.3 is 14.2 Å². The summed E-state index contributed by atoms with van der Waals surface area (Å²) in [6.45, 7) is 4.18. The van der Waals surface area contributed by atoms with Crippen LogP contribution in [0.2, 0.25) is 0 Å². The van der Waals surface area contributed by atoms with Gasteiger partial charge in [0.05, 0.1) is 19.4 Å². The van der Waals surface area contributed by atoms with Gasteiger partial charge in [-0.3, -0.25) is 0 Å². The lowest BCUT2D eigenvalue weighted by Gasteiger charge is -2.21. The summed E-state index contributed by atoms with van der Waals surface area (Å²) in [6, 6.07) is 8.31. The van der Waals surface area contributed by atoms with Gasteiger partial charge in [0.1, 0.15) is 11.5 Å². The molecular weight excluding hydrogens is 354 g/mol. The molecule has 134 valence electrons. The fourth-order valence-electron chi connectivity index (χ4n) is 2.56. The molecular formula is C18H23N3O2S2. The Kier molecular flexibility index (Phi) is 6.84. The van der Waals surface area contributed by atoms with Crippen LogP contribution in [-0.2, 0) is 4.18 Å². The summed E-state index contributed by atoms with van der Waals surface area (Å²) in [6.07, 6.45) is 6.07. The Hall–Kier alpha value is -1.44. The minimum Gasteiger partial charge on any atom is -0.476 e. The normalized spacial score (nSPS) is 17.3. The zero-order chi connectivity index (χ0) is 17.5. The van der Waals surface area contributed by atoms with E-state index in [2.05, 4.69) is 40.8 Å². The molecule has 1 aromatic heterocycles. The van der Waals surface area contributed by atoms with Gasteiger partial charge in [0, 0.05) is 22.3 Å². The zero-order valence-electron chi connectivity index (χ0n) is 14.5. The molecule has 1 aliphatic heterocycles. The first kappa shape index (κ1) is 18.4. The van der Waals surface area contributed by atoms with E-state index in [0.717, 1.165) is 43.1 Å². The standard InChI is InChI=1S/C18H23N3O2S2/c1-3-22-18-17(13-6-8-14(24-2)9-7-13)21-16(12-20-18)19-11-15-5-4-10-23-25-15/h6-9,12,15H,3-5,10-11H2,1-2H3,(H,19,21). The molecule has 1 atom stereocenters. The second kappa shape index (κ2) is 9.31. The summed E-state index contributed by atoms with van der Waals surface area (Å²) in [5.74, 6) is 1.33. The quantitative estimate of drug-likeness (QED) is 0.563. The molecule has 0 radical (unpaired) electrons. The van der Waals surface area contributed by atoms with Gasteiger partial charge in [-0.2, -0.15) is 0 Å². The lowest BCUT2D eigenvalue weighted by Crippen LogP contribution is -2.21. The third kappa shape index (κ3) is 5.03. The summed E-state index contributed by atoms with van der Waals surface area (Å²) in [4.78, 5) is 10.4. The molecule has 1 saturated heterocycles. The third-order valence-electron chi connectivity index (χ3n) is 3.85. The molecule has 0 saturated carbocycles. The molecule has 1 unspecified atom stereocenters. The number of thioether (sulfide) groups is 1. The summed E-state index contributed by atoms with van der Waals surface area (Å²) in [7, 11) is 0. The van der Waals surface area contributed by atoms with Crippen LogP contribution in [-0.4, -0.2) is 41.2 Å². The van der Waals surface area contributed by atoms with Gasteiger partial charge >= 0.3 is 0 Å². The number of hydrogen-bond acceptors (Lipinski definition) is 7. The van der Waals surface area contributed by atoms with Gasteiger partial charge in [-0.25, -0.2) is 9.97 Å². The number of rotatable bonds is 7. The topological polar surface area (TPSA) is 56.3 Å². The van der Waals surface area contributed by atoms with E-state index in [1.54, 1.807) is 30.0 Å². The Morgan fingerprint density at radius 1 is 1.36 bits per heavy atom. The van der Waals surface area contributed by atoms with Crippen LogP contribution in [0.1, 0.15) is 19.8 Å².